The number of thioether (sulfide) groups is 1. The summed E-state index contributed by atoms with van der Waals surface area (Å²) in [6.45, 7) is 0.993. The van der Waals surface area contributed by atoms with Crippen molar-refractivity contribution in [2.45, 2.75) is 11.3 Å². The average molecular weight is 297 g/mol. The van der Waals surface area contributed by atoms with Gasteiger partial charge in [-0.1, -0.05) is 0 Å². The summed E-state index contributed by atoms with van der Waals surface area (Å²) in [5.74, 6) is 1.76. The Bertz CT molecular complexity index is 600. The van der Waals surface area contributed by atoms with E-state index in [1.54, 1.807) is 11.8 Å². The van der Waals surface area contributed by atoms with Crippen LogP contribution in [0, 0.1) is 11.3 Å². The van der Waals surface area contributed by atoms with E-state index in [0.29, 0.717) is 18.8 Å². The number of nitriles is 1. The number of sulfonamides is 1. The quantitative estimate of drug-likeness (QED) is 0.831. The third kappa shape index (κ3) is 3.03. The van der Waals surface area contributed by atoms with Gasteiger partial charge in [-0.25, -0.2) is 8.42 Å². The topological polar surface area (TPSA) is 87.2 Å². The molecule has 0 aromatic heterocycles. The Labute approximate surface area is 117 Å². The van der Waals surface area contributed by atoms with E-state index < -0.39 is 10.0 Å². The third-order valence-electron chi connectivity index (χ3n) is 2.92. The highest BCUT2D eigenvalue weighted by molar-refractivity contribution is 7.99. The van der Waals surface area contributed by atoms with E-state index in [-0.39, 0.29) is 10.5 Å². The van der Waals surface area contributed by atoms with Gasteiger partial charge >= 0.3 is 0 Å². The van der Waals surface area contributed by atoms with Crippen molar-refractivity contribution in [3.8, 4) is 6.07 Å². The molecule has 0 bridgehead atoms. The highest BCUT2D eigenvalue weighted by atomic mass is 32.2. The molecule has 7 heteroatoms. The maximum Gasteiger partial charge on any atom is 0.244 e. The fraction of sp³-hybridized carbons (Fsp3) is 0.417. The molecular formula is C12H15N3O2S2. The molecule has 0 aliphatic carbocycles. The van der Waals surface area contributed by atoms with Gasteiger partial charge in [0.05, 0.1) is 5.56 Å². The predicted molar refractivity (Wildman–Crippen MR) is 76.3 cm³/mol. The summed E-state index contributed by atoms with van der Waals surface area (Å²) < 4.78 is 26.6. The Balaban J connectivity index is 2.41. The van der Waals surface area contributed by atoms with Crippen molar-refractivity contribution in [2.75, 3.05) is 30.3 Å². The van der Waals surface area contributed by atoms with E-state index in [0.717, 1.165) is 17.9 Å². The monoisotopic (exact) mass is 297 g/mol. The SMILES string of the molecule is N#Cc1cc(N)ccc1S(=O)(=O)N1CCCSCC1. The molecule has 0 radical (unpaired) electrons. The fourth-order valence-electron chi connectivity index (χ4n) is 1.96. The van der Waals surface area contributed by atoms with Gasteiger partial charge in [-0.05, 0) is 30.4 Å². The molecule has 2 rings (SSSR count). The maximum atomic E-state index is 12.6. The molecule has 19 heavy (non-hydrogen) atoms. The Hall–Kier alpha value is -1.23. The minimum atomic E-state index is -3.60. The number of anilines is 1. The zero-order chi connectivity index (χ0) is 13.9. The van der Waals surface area contributed by atoms with Gasteiger partial charge in [0.2, 0.25) is 10.0 Å². The normalized spacial score (nSPS) is 17.6. The molecule has 2 N–H and O–H groups in total. The predicted octanol–water partition coefficient (Wildman–Crippen LogP) is 1.27. The van der Waals surface area contributed by atoms with Gasteiger partial charge < -0.3 is 5.73 Å². The van der Waals surface area contributed by atoms with Crippen LogP contribution in [0.5, 0.6) is 0 Å². The van der Waals surface area contributed by atoms with Crippen molar-refractivity contribution >= 4 is 27.5 Å². The molecular weight excluding hydrogens is 282 g/mol. The summed E-state index contributed by atoms with van der Waals surface area (Å²) in [4.78, 5) is 0.0519. The second-order valence-electron chi connectivity index (χ2n) is 4.24. The zero-order valence-electron chi connectivity index (χ0n) is 10.4. The van der Waals surface area contributed by atoms with Crippen LogP contribution in [0.1, 0.15) is 12.0 Å². The van der Waals surface area contributed by atoms with E-state index in [4.69, 9.17) is 11.0 Å². The molecule has 0 amide bonds. The van der Waals surface area contributed by atoms with Crippen LogP contribution >= 0.6 is 11.8 Å². The second kappa shape index (κ2) is 5.82. The highest BCUT2D eigenvalue weighted by Gasteiger charge is 2.27. The molecule has 1 aliphatic rings. The van der Waals surface area contributed by atoms with Gasteiger partial charge in [-0.15, -0.1) is 0 Å². The first-order valence-corrected chi connectivity index (χ1v) is 8.52. The third-order valence-corrected chi connectivity index (χ3v) is 5.93. The molecule has 0 unspecified atom stereocenters. The number of nitrogens with zero attached hydrogens (tertiary/aromatic N) is 2. The van der Waals surface area contributed by atoms with Gasteiger partial charge in [-0.3, -0.25) is 0 Å². The molecule has 1 heterocycles. The minimum Gasteiger partial charge on any atom is -0.399 e. The molecule has 1 fully saturated rings. The molecule has 5 nitrogen and oxygen atoms in total. The van der Waals surface area contributed by atoms with Crippen molar-refractivity contribution in [1.82, 2.24) is 4.31 Å². The number of hydrogen-bond acceptors (Lipinski definition) is 5. The molecule has 1 aliphatic heterocycles. The first kappa shape index (κ1) is 14.2. The van der Waals surface area contributed by atoms with Crippen molar-refractivity contribution in [3.05, 3.63) is 23.8 Å². The Morgan fingerprint density at radius 1 is 1.32 bits per heavy atom. The lowest BCUT2D eigenvalue weighted by Gasteiger charge is -2.20. The van der Waals surface area contributed by atoms with Crippen molar-refractivity contribution in [2.24, 2.45) is 0 Å². The summed E-state index contributed by atoms with van der Waals surface area (Å²) in [5, 5.41) is 9.07. The van der Waals surface area contributed by atoms with Gasteiger partial charge in [0, 0.05) is 24.5 Å². The first-order chi connectivity index (χ1) is 9.05. The van der Waals surface area contributed by atoms with Crippen LogP contribution < -0.4 is 5.73 Å². The fourth-order valence-corrected chi connectivity index (χ4v) is 4.57. The Morgan fingerprint density at radius 2 is 2.11 bits per heavy atom. The average Bonchev–Trinajstić information content (AvgIpc) is 2.67. The Morgan fingerprint density at radius 3 is 2.84 bits per heavy atom. The zero-order valence-corrected chi connectivity index (χ0v) is 12.0. The van der Waals surface area contributed by atoms with Gasteiger partial charge in [0.1, 0.15) is 11.0 Å². The van der Waals surface area contributed by atoms with Gasteiger partial charge in [-0.2, -0.15) is 21.3 Å². The van der Waals surface area contributed by atoms with Crippen LogP contribution in [0.15, 0.2) is 23.1 Å². The molecule has 0 spiro atoms. The molecule has 0 atom stereocenters. The number of rotatable bonds is 2. The van der Waals surface area contributed by atoms with Crippen LogP contribution in [0.4, 0.5) is 5.69 Å². The standard InChI is InChI=1S/C12H15N3O2S2/c13-9-10-8-11(14)2-3-12(10)19(16,17)15-4-1-6-18-7-5-15/h2-3,8H,1,4-7,14H2. The van der Waals surface area contributed by atoms with Crippen molar-refractivity contribution in [3.63, 3.8) is 0 Å². The van der Waals surface area contributed by atoms with E-state index in [9.17, 15) is 8.42 Å². The second-order valence-corrected chi connectivity index (χ2v) is 7.37. The van der Waals surface area contributed by atoms with E-state index in [1.807, 2.05) is 6.07 Å². The van der Waals surface area contributed by atoms with Crippen LogP contribution in [0.25, 0.3) is 0 Å². The lowest BCUT2D eigenvalue weighted by atomic mass is 10.2. The summed E-state index contributed by atoms with van der Waals surface area (Å²) in [6, 6.07) is 6.24. The largest absolute Gasteiger partial charge is 0.399 e. The summed E-state index contributed by atoms with van der Waals surface area (Å²) in [7, 11) is -3.60. The lowest BCUT2D eigenvalue weighted by molar-refractivity contribution is 0.435. The molecule has 1 aromatic carbocycles. The maximum absolute atomic E-state index is 12.6. The van der Waals surface area contributed by atoms with Crippen LogP contribution in [0.3, 0.4) is 0 Å². The van der Waals surface area contributed by atoms with Crippen molar-refractivity contribution < 1.29 is 8.42 Å². The van der Waals surface area contributed by atoms with Crippen LogP contribution in [-0.4, -0.2) is 37.3 Å². The Kier molecular flexibility index (Phi) is 4.34. The van der Waals surface area contributed by atoms with E-state index in [2.05, 4.69) is 0 Å². The van der Waals surface area contributed by atoms with Crippen LogP contribution in [0.2, 0.25) is 0 Å². The number of nitrogens with two attached hydrogens (primary N) is 1. The molecule has 0 saturated carbocycles. The van der Waals surface area contributed by atoms with Crippen LogP contribution in [-0.2, 0) is 10.0 Å². The smallest absolute Gasteiger partial charge is 0.244 e. The number of hydrogen-bond donors (Lipinski definition) is 1. The minimum absolute atomic E-state index is 0.0519. The molecule has 1 saturated heterocycles. The first-order valence-electron chi connectivity index (χ1n) is 5.93. The molecule has 102 valence electrons. The van der Waals surface area contributed by atoms with Gasteiger partial charge in [0.25, 0.3) is 0 Å². The van der Waals surface area contributed by atoms with Crippen molar-refractivity contribution in [1.29, 1.82) is 5.26 Å². The summed E-state index contributed by atoms with van der Waals surface area (Å²) in [5.41, 5.74) is 6.09. The molecule has 1 aromatic rings. The van der Waals surface area contributed by atoms with E-state index >= 15 is 0 Å². The highest BCUT2D eigenvalue weighted by Crippen LogP contribution is 2.24. The van der Waals surface area contributed by atoms with E-state index in [1.165, 1.54) is 22.5 Å². The van der Waals surface area contributed by atoms with Gasteiger partial charge in [0.15, 0.2) is 0 Å². The number of nitrogen functional groups attached to an aromatic ring is 1. The lowest BCUT2D eigenvalue weighted by Crippen LogP contribution is -2.33. The summed E-state index contributed by atoms with van der Waals surface area (Å²) >= 11 is 1.75. The summed E-state index contributed by atoms with van der Waals surface area (Å²) in [6.07, 6.45) is 0.834. The number of benzene rings is 1.